The summed E-state index contributed by atoms with van der Waals surface area (Å²) in [6, 6.07) is 0.883. The van der Waals surface area contributed by atoms with Crippen LogP contribution >= 0.6 is 0 Å². The monoisotopic (exact) mass is 168 g/mol. The lowest BCUT2D eigenvalue weighted by molar-refractivity contribution is -0.00748. The summed E-state index contributed by atoms with van der Waals surface area (Å²) in [5.41, 5.74) is 0. The summed E-state index contributed by atoms with van der Waals surface area (Å²) < 4.78 is 0. The van der Waals surface area contributed by atoms with E-state index < -0.39 is 0 Å². The van der Waals surface area contributed by atoms with Gasteiger partial charge in [0.2, 0.25) is 0 Å². The molecule has 0 bridgehead atoms. The lowest BCUT2D eigenvalue weighted by atomic mass is 9.85. The molecule has 0 radical (unpaired) electrons. The van der Waals surface area contributed by atoms with E-state index in [9.17, 15) is 0 Å². The molecule has 12 heavy (non-hydrogen) atoms. The van der Waals surface area contributed by atoms with Crippen LogP contribution in [0.1, 0.15) is 32.1 Å². The minimum Gasteiger partial charge on any atom is -0.248 e. The van der Waals surface area contributed by atoms with Crippen molar-refractivity contribution >= 4 is 0 Å². The summed E-state index contributed by atoms with van der Waals surface area (Å²) in [6.07, 6.45) is 7.27. The van der Waals surface area contributed by atoms with E-state index in [1.54, 1.807) is 0 Å². The molecule has 2 atom stereocenters. The zero-order valence-corrected chi connectivity index (χ0v) is 8.29. The van der Waals surface area contributed by atoms with Crippen molar-refractivity contribution in [2.45, 2.75) is 38.1 Å². The van der Waals surface area contributed by atoms with Gasteiger partial charge in [-0.2, -0.15) is 0 Å². The second-order valence-electron chi connectivity index (χ2n) is 4.41. The second kappa shape index (κ2) is 3.35. The molecule has 2 nitrogen and oxygen atoms in total. The van der Waals surface area contributed by atoms with E-state index in [2.05, 4.69) is 24.1 Å². The molecule has 2 fully saturated rings. The standard InChI is InChI=1S/C10H20N2/c1-11(2)12-8-7-9-5-3-4-6-10(9)12/h9-10H,3-8H2,1-2H3. The first-order valence-electron chi connectivity index (χ1n) is 5.23. The Kier molecular flexibility index (Phi) is 2.37. The van der Waals surface area contributed by atoms with E-state index in [1.807, 2.05) is 0 Å². The van der Waals surface area contributed by atoms with Crippen molar-refractivity contribution in [1.82, 2.24) is 10.0 Å². The molecule has 1 saturated carbocycles. The molecule has 0 amide bonds. The molecule has 2 aliphatic rings. The number of fused-ring (bicyclic) bond motifs is 1. The third-order valence-corrected chi connectivity index (χ3v) is 3.49. The maximum Gasteiger partial charge on any atom is 0.0274 e. The quantitative estimate of drug-likeness (QED) is 0.588. The minimum absolute atomic E-state index is 0.883. The molecule has 0 spiro atoms. The van der Waals surface area contributed by atoms with Crippen LogP contribution in [0.4, 0.5) is 0 Å². The predicted molar refractivity (Wildman–Crippen MR) is 50.8 cm³/mol. The van der Waals surface area contributed by atoms with Crippen LogP contribution in [0.5, 0.6) is 0 Å². The lowest BCUT2D eigenvalue weighted by Gasteiger charge is -2.35. The highest BCUT2D eigenvalue weighted by atomic mass is 15.6. The van der Waals surface area contributed by atoms with Gasteiger partial charge in [0.15, 0.2) is 0 Å². The lowest BCUT2D eigenvalue weighted by Crippen LogP contribution is -2.43. The Morgan fingerprint density at radius 3 is 2.58 bits per heavy atom. The van der Waals surface area contributed by atoms with Gasteiger partial charge in [-0.15, -0.1) is 0 Å². The van der Waals surface area contributed by atoms with Crippen molar-refractivity contribution in [3.8, 4) is 0 Å². The highest BCUT2D eigenvalue weighted by molar-refractivity contribution is 4.87. The molecule has 0 aromatic heterocycles. The van der Waals surface area contributed by atoms with Gasteiger partial charge in [0, 0.05) is 26.7 Å². The van der Waals surface area contributed by atoms with Gasteiger partial charge in [0.1, 0.15) is 0 Å². The topological polar surface area (TPSA) is 6.48 Å². The van der Waals surface area contributed by atoms with E-state index in [0.29, 0.717) is 0 Å². The first kappa shape index (κ1) is 8.52. The molecule has 0 aromatic rings. The number of hydrogen-bond acceptors (Lipinski definition) is 2. The zero-order valence-electron chi connectivity index (χ0n) is 8.29. The Labute approximate surface area is 75.5 Å². The average Bonchev–Trinajstić information content (AvgIpc) is 2.47. The fraction of sp³-hybridized carbons (Fsp3) is 1.00. The van der Waals surface area contributed by atoms with Crippen LogP contribution in [0.2, 0.25) is 0 Å². The van der Waals surface area contributed by atoms with Crippen LogP contribution < -0.4 is 0 Å². The van der Waals surface area contributed by atoms with Crippen molar-refractivity contribution in [2.75, 3.05) is 20.6 Å². The van der Waals surface area contributed by atoms with E-state index in [4.69, 9.17) is 0 Å². The molecular weight excluding hydrogens is 148 g/mol. The molecule has 1 heterocycles. The maximum absolute atomic E-state index is 2.56. The normalized spacial score (nSPS) is 37.2. The summed E-state index contributed by atoms with van der Waals surface area (Å²) in [6.45, 7) is 1.29. The minimum atomic E-state index is 0.883. The van der Waals surface area contributed by atoms with Gasteiger partial charge in [0.05, 0.1) is 0 Å². The number of rotatable bonds is 1. The van der Waals surface area contributed by atoms with Crippen LogP contribution in [0.25, 0.3) is 0 Å². The van der Waals surface area contributed by atoms with Gasteiger partial charge < -0.3 is 0 Å². The Bertz CT molecular complexity index is 156. The van der Waals surface area contributed by atoms with Gasteiger partial charge in [-0.3, -0.25) is 0 Å². The zero-order chi connectivity index (χ0) is 8.55. The van der Waals surface area contributed by atoms with E-state index >= 15 is 0 Å². The maximum atomic E-state index is 2.56. The van der Waals surface area contributed by atoms with Crippen LogP contribution in [0, 0.1) is 5.92 Å². The van der Waals surface area contributed by atoms with Gasteiger partial charge in [0.25, 0.3) is 0 Å². The highest BCUT2D eigenvalue weighted by Crippen LogP contribution is 2.36. The Morgan fingerprint density at radius 1 is 1.08 bits per heavy atom. The van der Waals surface area contributed by atoms with Gasteiger partial charge in [-0.25, -0.2) is 10.0 Å². The fourth-order valence-electron chi connectivity index (χ4n) is 2.88. The average molecular weight is 168 g/mol. The number of nitrogens with zero attached hydrogens (tertiary/aromatic N) is 2. The van der Waals surface area contributed by atoms with Crippen molar-refractivity contribution in [1.29, 1.82) is 0 Å². The first-order valence-corrected chi connectivity index (χ1v) is 5.23. The Morgan fingerprint density at radius 2 is 1.83 bits per heavy atom. The molecule has 1 aliphatic carbocycles. The summed E-state index contributed by atoms with van der Waals surface area (Å²) in [4.78, 5) is 0. The predicted octanol–water partition coefficient (Wildman–Crippen LogP) is 1.73. The van der Waals surface area contributed by atoms with Crippen molar-refractivity contribution in [3.05, 3.63) is 0 Å². The van der Waals surface area contributed by atoms with Gasteiger partial charge in [-0.1, -0.05) is 12.8 Å². The van der Waals surface area contributed by atoms with Crippen LogP contribution in [-0.4, -0.2) is 36.7 Å². The van der Waals surface area contributed by atoms with E-state index in [1.165, 1.54) is 38.6 Å². The molecule has 0 N–H and O–H groups in total. The van der Waals surface area contributed by atoms with Gasteiger partial charge in [-0.05, 0) is 25.2 Å². The molecular formula is C10H20N2. The third-order valence-electron chi connectivity index (χ3n) is 3.49. The summed E-state index contributed by atoms with van der Waals surface area (Å²) in [5, 5.41) is 4.85. The summed E-state index contributed by atoms with van der Waals surface area (Å²) in [5.74, 6) is 1.01. The molecule has 70 valence electrons. The van der Waals surface area contributed by atoms with Gasteiger partial charge >= 0.3 is 0 Å². The summed E-state index contributed by atoms with van der Waals surface area (Å²) >= 11 is 0. The van der Waals surface area contributed by atoms with E-state index in [0.717, 1.165) is 12.0 Å². The smallest absolute Gasteiger partial charge is 0.0274 e. The molecule has 0 aromatic carbocycles. The van der Waals surface area contributed by atoms with E-state index in [-0.39, 0.29) is 0 Å². The van der Waals surface area contributed by atoms with Crippen LogP contribution in [-0.2, 0) is 0 Å². The molecule has 1 saturated heterocycles. The third kappa shape index (κ3) is 1.38. The first-order chi connectivity index (χ1) is 5.79. The molecule has 1 aliphatic heterocycles. The molecule has 2 heteroatoms. The number of hydrogen-bond donors (Lipinski definition) is 0. The van der Waals surface area contributed by atoms with Crippen LogP contribution in [0.15, 0.2) is 0 Å². The summed E-state index contributed by atoms with van der Waals surface area (Å²) in [7, 11) is 4.36. The Hall–Kier alpha value is -0.0800. The molecule has 2 unspecified atom stereocenters. The van der Waals surface area contributed by atoms with Crippen molar-refractivity contribution < 1.29 is 0 Å². The molecule has 2 rings (SSSR count). The highest BCUT2D eigenvalue weighted by Gasteiger charge is 2.36. The van der Waals surface area contributed by atoms with Crippen LogP contribution in [0.3, 0.4) is 0 Å². The second-order valence-corrected chi connectivity index (χ2v) is 4.41. The number of hydrazine groups is 1. The van der Waals surface area contributed by atoms with Crippen molar-refractivity contribution in [3.63, 3.8) is 0 Å². The Balaban J connectivity index is 2.01. The SMILES string of the molecule is CN(C)N1CCC2CCCCC21. The largest absolute Gasteiger partial charge is 0.248 e. The fourth-order valence-corrected chi connectivity index (χ4v) is 2.88. The van der Waals surface area contributed by atoms with Crippen molar-refractivity contribution in [2.24, 2.45) is 5.92 Å².